The minimum absolute atomic E-state index is 0.259. The average molecular weight is 206 g/mol. The Kier molecular flexibility index (Phi) is 2.53. The van der Waals surface area contributed by atoms with E-state index in [1.165, 1.54) is 0 Å². The lowest BCUT2D eigenvalue weighted by molar-refractivity contribution is -0.131. The highest BCUT2D eigenvalue weighted by atomic mass is 16.5. The number of hydrazone groups is 1. The summed E-state index contributed by atoms with van der Waals surface area (Å²) >= 11 is 0. The molecule has 0 fully saturated rings. The molecule has 78 valence electrons. The number of aliphatic carboxylic acids is 1. The second-order valence-electron chi connectivity index (χ2n) is 3.02. The highest BCUT2D eigenvalue weighted by Crippen LogP contribution is 2.15. The van der Waals surface area contributed by atoms with E-state index in [4.69, 9.17) is 9.84 Å². The smallest absolute Gasteiger partial charge is 0.393 e. The van der Waals surface area contributed by atoms with Gasteiger partial charge in [-0.25, -0.2) is 4.79 Å². The molecular formula is C10H10N2O3. The third kappa shape index (κ3) is 2.07. The second-order valence-corrected chi connectivity index (χ2v) is 3.02. The van der Waals surface area contributed by atoms with Crippen molar-refractivity contribution in [2.75, 3.05) is 18.2 Å². The molecule has 0 saturated carbocycles. The third-order valence-electron chi connectivity index (χ3n) is 1.99. The van der Waals surface area contributed by atoms with Crippen molar-refractivity contribution in [2.45, 2.75) is 0 Å². The van der Waals surface area contributed by atoms with E-state index in [1.54, 1.807) is 5.01 Å². The van der Waals surface area contributed by atoms with Crippen LogP contribution < -0.4 is 5.01 Å². The number of rotatable bonds is 2. The van der Waals surface area contributed by atoms with Crippen LogP contribution in [0.25, 0.3) is 0 Å². The van der Waals surface area contributed by atoms with E-state index in [9.17, 15) is 4.79 Å². The second kappa shape index (κ2) is 4.00. The van der Waals surface area contributed by atoms with Gasteiger partial charge in [0.05, 0.1) is 12.2 Å². The van der Waals surface area contributed by atoms with Crippen LogP contribution in [-0.2, 0) is 9.53 Å². The van der Waals surface area contributed by atoms with E-state index >= 15 is 0 Å². The quantitative estimate of drug-likeness (QED) is 0.781. The number of ether oxygens (including phenoxy) is 1. The van der Waals surface area contributed by atoms with E-state index in [2.05, 4.69) is 5.10 Å². The van der Waals surface area contributed by atoms with Gasteiger partial charge in [0, 0.05) is 0 Å². The highest BCUT2D eigenvalue weighted by molar-refractivity contribution is 6.31. The topological polar surface area (TPSA) is 62.1 Å². The molecule has 1 aromatic carbocycles. The van der Waals surface area contributed by atoms with Crippen LogP contribution in [0.15, 0.2) is 35.4 Å². The molecule has 2 rings (SSSR count). The van der Waals surface area contributed by atoms with Gasteiger partial charge in [-0.3, -0.25) is 5.01 Å². The highest BCUT2D eigenvalue weighted by Gasteiger charge is 2.19. The summed E-state index contributed by atoms with van der Waals surface area (Å²) in [6.07, 6.45) is 0. The number of para-hydroxylation sites is 1. The van der Waals surface area contributed by atoms with Crippen LogP contribution in [-0.4, -0.2) is 30.1 Å². The van der Waals surface area contributed by atoms with E-state index in [0.717, 1.165) is 5.69 Å². The van der Waals surface area contributed by atoms with Crippen LogP contribution in [0, 0.1) is 0 Å². The first-order chi connectivity index (χ1) is 7.27. The van der Waals surface area contributed by atoms with Crippen molar-refractivity contribution < 1.29 is 14.6 Å². The molecule has 0 unspecified atom stereocenters. The minimum Gasteiger partial charge on any atom is -0.474 e. The summed E-state index contributed by atoms with van der Waals surface area (Å²) in [5, 5.41) is 14.2. The number of anilines is 1. The molecule has 5 heteroatoms. The van der Waals surface area contributed by atoms with Crippen LogP contribution >= 0.6 is 0 Å². The van der Waals surface area contributed by atoms with Gasteiger partial charge in [-0.05, 0) is 12.1 Å². The Bertz CT molecular complexity index is 389. The average Bonchev–Trinajstić information content (AvgIpc) is 2.30. The first-order valence-electron chi connectivity index (χ1n) is 4.54. The normalized spacial score (nSPS) is 15.5. The van der Waals surface area contributed by atoms with E-state index in [-0.39, 0.29) is 5.90 Å². The zero-order chi connectivity index (χ0) is 10.7. The van der Waals surface area contributed by atoms with Crippen molar-refractivity contribution in [3.8, 4) is 0 Å². The lowest BCUT2D eigenvalue weighted by atomic mass is 10.3. The zero-order valence-corrected chi connectivity index (χ0v) is 7.96. The van der Waals surface area contributed by atoms with Gasteiger partial charge in [-0.2, -0.15) is 0 Å². The molecule has 0 amide bonds. The summed E-state index contributed by atoms with van der Waals surface area (Å²) in [5.41, 5.74) is 0.861. The molecular weight excluding hydrogens is 196 g/mol. The number of nitrogens with zero attached hydrogens (tertiary/aromatic N) is 2. The Morgan fingerprint density at radius 2 is 2.13 bits per heavy atom. The summed E-state index contributed by atoms with van der Waals surface area (Å²) in [6.45, 7) is 0.890. The predicted molar refractivity (Wildman–Crippen MR) is 54.8 cm³/mol. The molecule has 0 aliphatic carbocycles. The number of carboxylic acids is 1. The fourth-order valence-electron chi connectivity index (χ4n) is 1.31. The molecule has 1 aromatic rings. The maximum Gasteiger partial charge on any atom is 0.393 e. The molecule has 1 heterocycles. The van der Waals surface area contributed by atoms with E-state index in [0.29, 0.717) is 13.2 Å². The van der Waals surface area contributed by atoms with Crippen molar-refractivity contribution in [1.29, 1.82) is 0 Å². The van der Waals surface area contributed by atoms with Gasteiger partial charge in [0.25, 0.3) is 0 Å². The molecule has 0 aromatic heterocycles. The van der Waals surface area contributed by atoms with E-state index < -0.39 is 5.97 Å². The molecule has 5 nitrogen and oxygen atoms in total. The Morgan fingerprint density at radius 1 is 1.40 bits per heavy atom. The van der Waals surface area contributed by atoms with Crippen LogP contribution in [0.4, 0.5) is 5.69 Å². The molecule has 1 N–H and O–H groups in total. The molecule has 0 spiro atoms. The van der Waals surface area contributed by atoms with Crippen molar-refractivity contribution in [3.05, 3.63) is 30.3 Å². The van der Waals surface area contributed by atoms with Gasteiger partial charge in [-0.15, -0.1) is 5.10 Å². The SMILES string of the molecule is O=C(O)C1=NN(c2ccccc2)CCO1. The van der Waals surface area contributed by atoms with Crippen molar-refractivity contribution in [1.82, 2.24) is 0 Å². The zero-order valence-electron chi connectivity index (χ0n) is 7.96. The Balaban J connectivity index is 2.24. The van der Waals surface area contributed by atoms with Crippen molar-refractivity contribution in [3.63, 3.8) is 0 Å². The molecule has 15 heavy (non-hydrogen) atoms. The van der Waals surface area contributed by atoms with E-state index in [1.807, 2.05) is 30.3 Å². The summed E-state index contributed by atoms with van der Waals surface area (Å²) < 4.78 is 4.90. The number of hydrogen-bond donors (Lipinski definition) is 1. The number of carboxylic acid groups (broad SMARTS) is 1. The Hall–Kier alpha value is -2.04. The Labute approximate surface area is 86.6 Å². The predicted octanol–water partition coefficient (Wildman–Crippen LogP) is 0.921. The monoisotopic (exact) mass is 206 g/mol. The van der Waals surface area contributed by atoms with Crippen LogP contribution in [0.2, 0.25) is 0 Å². The summed E-state index contributed by atoms with van der Waals surface area (Å²) in [6, 6.07) is 9.38. The van der Waals surface area contributed by atoms with Gasteiger partial charge < -0.3 is 9.84 Å². The van der Waals surface area contributed by atoms with Crippen molar-refractivity contribution >= 4 is 17.6 Å². The minimum atomic E-state index is -1.14. The summed E-state index contributed by atoms with van der Waals surface area (Å²) in [4.78, 5) is 10.6. The fraction of sp³-hybridized carbons (Fsp3) is 0.200. The lowest BCUT2D eigenvalue weighted by Gasteiger charge is -2.23. The van der Waals surface area contributed by atoms with Gasteiger partial charge in [-0.1, -0.05) is 18.2 Å². The third-order valence-corrected chi connectivity index (χ3v) is 1.99. The van der Waals surface area contributed by atoms with Crippen LogP contribution in [0.5, 0.6) is 0 Å². The number of benzene rings is 1. The maximum atomic E-state index is 10.6. The summed E-state index contributed by atoms with van der Waals surface area (Å²) in [5.74, 6) is -1.40. The van der Waals surface area contributed by atoms with Crippen LogP contribution in [0.3, 0.4) is 0 Å². The fourth-order valence-corrected chi connectivity index (χ4v) is 1.31. The Morgan fingerprint density at radius 3 is 2.80 bits per heavy atom. The molecule has 0 bridgehead atoms. The molecule has 0 saturated heterocycles. The largest absolute Gasteiger partial charge is 0.474 e. The van der Waals surface area contributed by atoms with Gasteiger partial charge in [0.1, 0.15) is 6.61 Å². The molecule has 0 atom stereocenters. The standard InChI is InChI=1S/C10H10N2O3/c13-10(14)9-11-12(6-7-15-9)8-4-2-1-3-5-8/h1-5H,6-7H2,(H,13,14). The van der Waals surface area contributed by atoms with Gasteiger partial charge >= 0.3 is 11.9 Å². The van der Waals surface area contributed by atoms with Crippen molar-refractivity contribution in [2.24, 2.45) is 5.10 Å². The maximum absolute atomic E-state index is 10.6. The molecule has 0 radical (unpaired) electrons. The first-order valence-corrected chi connectivity index (χ1v) is 4.54. The van der Waals surface area contributed by atoms with Gasteiger partial charge in [0.15, 0.2) is 0 Å². The summed E-state index contributed by atoms with van der Waals surface area (Å²) in [7, 11) is 0. The van der Waals surface area contributed by atoms with Crippen LogP contribution in [0.1, 0.15) is 0 Å². The number of carbonyl (C=O) groups is 1. The number of hydrogen-bond acceptors (Lipinski definition) is 4. The molecule has 1 aliphatic heterocycles. The van der Waals surface area contributed by atoms with Gasteiger partial charge in [0.2, 0.25) is 0 Å². The lowest BCUT2D eigenvalue weighted by Crippen LogP contribution is -2.34. The first kappa shape index (κ1) is 9.51. The molecule has 1 aliphatic rings.